The van der Waals surface area contributed by atoms with E-state index in [1.54, 1.807) is 17.3 Å². The Kier molecular flexibility index (Phi) is 6.55. The number of nitriles is 1. The fourth-order valence-electron chi connectivity index (χ4n) is 1.83. The fourth-order valence-corrected chi connectivity index (χ4v) is 1.83. The van der Waals surface area contributed by atoms with Gasteiger partial charge in [-0.3, -0.25) is 9.78 Å². The van der Waals surface area contributed by atoms with Crippen molar-refractivity contribution in [1.29, 1.82) is 5.26 Å². The number of hydrogen-bond donors (Lipinski definition) is 1. The second-order valence-electron chi connectivity index (χ2n) is 4.42. The van der Waals surface area contributed by atoms with E-state index in [1.165, 1.54) is 0 Å². The Hall–Kier alpha value is -1.93. The summed E-state index contributed by atoms with van der Waals surface area (Å²) in [5.74, 6) is -0.0963. The van der Waals surface area contributed by atoms with Crippen molar-refractivity contribution >= 4 is 5.91 Å². The van der Waals surface area contributed by atoms with E-state index in [0.717, 1.165) is 12.0 Å². The summed E-state index contributed by atoms with van der Waals surface area (Å²) < 4.78 is 0. The molecule has 0 saturated heterocycles. The van der Waals surface area contributed by atoms with Gasteiger partial charge in [0.2, 0.25) is 5.91 Å². The summed E-state index contributed by atoms with van der Waals surface area (Å²) in [6, 6.07) is 5.31. The van der Waals surface area contributed by atoms with Crippen LogP contribution in [0.2, 0.25) is 0 Å². The molecular weight excluding hydrogens is 240 g/mol. The molecule has 1 atom stereocenters. The standard InChI is InChI=1S/C14H20N4O/c1-2-5-13(16)14(19)18(9-4-7-15)11-12-6-3-8-17-10-12/h3,6,8,10,13H,2,4-5,9,11,16H2,1H3/t13-/m1/s1. The van der Waals surface area contributed by atoms with Crippen LogP contribution in [0.15, 0.2) is 24.5 Å². The lowest BCUT2D eigenvalue weighted by Gasteiger charge is -2.24. The van der Waals surface area contributed by atoms with Gasteiger partial charge in [-0.1, -0.05) is 19.4 Å². The molecule has 1 aromatic heterocycles. The number of rotatable bonds is 7. The third kappa shape index (κ3) is 5.06. The lowest BCUT2D eigenvalue weighted by atomic mass is 10.1. The zero-order chi connectivity index (χ0) is 14.1. The Morgan fingerprint density at radius 1 is 1.63 bits per heavy atom. The molecule has 0 aliphatic carbocycles. The maximum Gasteiger partial charge on any atom is 0.239 e. The molecule has 0 aromatic carbocycles. The average molecular weight is 260 g/mol. The minimum Gasteiger partial charge on any atom is -0.336 e. The molecule has 1 amide bonds. The third-order valence-electron chi connectivity index (χ3n) is 2.82. The summed E-state index contributed by atoms with van der Waals surface area (Å²) in [6.45, 7) is 2.85. The number of aromatic nitrogens is 1. The van der Waals surface area contributed by atoms with Crippen LogP contribution in [0.3, 0.4) is 0 Å². The lowest BCUT2D eigenvalue weighted by molar-refractivity contribution is -0.133. The summed E-state index contributed by atoms with van der Waals surface area (Å²) >= 11 is 0. The Balaban J connectivity index is 2.71. The second-order valence-corrected chi connectivity index (χ2v) is 4.42. The molecule has 0 unspecified atom stereocenters. The smallest absolute Gasteiger partial charge is 0.239 e. The first-order valence-corrected chi connectivity index (χ1v) is 6.49. The average Bonchev–Trinajstić information content (AvgIpc) is 2.44. The molecule has 5 heteroatoms. The van der Waals surface area contributed by atoms with Crippen LogP contribution in [0.1, 0.15) is 31.7 Å². The van der Waals surface area contributed by atoms with E-state index in [2.05, 4.69) is 11.1 Å². The minimum atomic E-state index is -0.486. The molecule has 0 spiro atoms. The van der Waals surface area contributed by atoms with E-state index in [0.29, 0.717) is 25.9 Å². The number of amides is 1. The number of pyridine rings is 1. The molecule has 0 radical (unpaired) electrons. The van der Waals surface area contributed by atoms with Gasteiger partial charge >= 0.3 is 0 Å². The van der Waals surface area contributed by atoms with Crippen LogP contribution >= 0.6 is 0 Å². The van der Waals surface area contributed by atoms with Crippen molar-refractivity contribution in [3.8, 4) is 6.07 Å². The first kappa shape index (κ1) is 15.1. The molecule has 1 heterocycles. The molecule has 1 aromatic rings. The summed E-state index contributed by atoms with van der Waals surface area (Å²) in [6.07, 6.45) is 5.25. The molecule has 5 nitrogen and oxygen atoms in total. The van der Waals surface area contributed by atoms with Crippen molar-refractivity contribution in [1.82, 2.24) is 9.88 Å². The van der Waals surface area contributed by atoms with Crippen molar-refractivity contribution in [2.24, 2.45) is 5.73 Å². The number of nitrogens with zero attached hydrogens (tertiary/aromatic N) is 3. The summed E-state index contributed by atoms with van der Waals surface area (Å²) in [4.78, 5) is 17.9. The normalized spacial score (nSPS) is 11.6. The van der Waals surface area contributed by atoms with Crippen molar-refractivity contribution < 1.29 is 4.79 Å². The van der Waals surface area contributed by atoms with Crippen LogP contribution in [0.5, 0.6) is 0 Å². The molecule has 0 fully saturated rings. The number of nitrogens with two attached hydrogens (primary N) is 1. The highest BCUT2D eigenvalue weighted by molar-refractivity contribution is 5.81. The number of hydrogen-bond acceptors (Lipinski definition) is 4. The molecule has 2 N–H and O–H groups in total. The molecule has 0 aliphatic rings. The first-order chi connectivity index (χ1) is 9.19. The highest BCUT2D eigenvalue weighted by atomic mass is 16.2. The van der Waals surface area contributed by atoms with E-state index in [1.807, 2.05) is 19.1 Å². The number of carbonyl (C=O) groups excluding carboxylic acids is 1. The number of carbonyl (C=O) groups is 1. The van der Waals surface area contributed by atoms with Gasteiger partial charge in [0, 0.05) is 25.5 Å². The van der Waals surface area contributed by atoms with Gasteiger partial charge < -0.3 is 10.6 Å². The second kappa shape index (κ2) is 8.22. The van der Waals surface area contributed by atoms with Gasteiger partial charge in [0.25, 0.3) is 0 Å². The summed E-state index contributed by atoms with van der Waals surface area (Å²) in [7, 11) is 0. The molecular formula is C14H20N4O. The monoisotopic (exact) mass is 260 g/mol. The fraction of sp³-hybridized carbons (Fsp3) is 0.500. The quantitative estimate of drug-likeness (QED) is 0.804. The van der Waals surface area contributed by atoms with Gasteiger partial charge in [0.05, 0.1) is 18.5 Å². The Bertz CT molecular complexity index is 427. The lowest BCUT2D eigenvalue weighted by Crippen LogP contribution is -2.43. The maximum absolute atomic E-state index is 12.2. The predicted octanol–water partition coefficient (Wildman–Crippen LogP) is 1.45. The van der Waals surface area contributed by atoms with Crippen molar-refractivity contribution in [3.63, 3.8) is 0 Å². The zero-order valence-corrected chi connectivity index (χ0v) is 11.2. The maximum atomic E-state index is 12.2. The van der Waals surface area contributed by atoms with Gasteiger partial charge in [-0.25, -0.2) is 0 Å². The van der Waals surface area contributed by atoms with E-state index >= 15 is 0 Å². The highest BCUT2D eigenvalue weighted by Gasteiger charge is 2.20. The molecule has 1 rings (SSSR count). The Morgan fingerprint density at radius 3 is 3.00 bits per heavy atom. The van der Waals surface area contributed by atoms with Gasteiger partial charge in [-0.2, -0.15) is 5.26 Å². The van der Waals surface area contributed by atoms with Crippen molar-refractivity contribution in [2.45, 2.75) is 38.8 Å². The first-order valence-electron chi connectivity index (χ1n) is 6.49. The van der Waals surface area contributed by atoms with Crippen LogP contribution < -0.4 is 5.73 Å². The van der Waals surface area contributed by atoms with Crippen LogP contribution in [-0.2, 0) is 11.3 Å². The largest absolute Gasteiger partial charge is 0.336 e. The SMILES string of the molecule is CCC[C@@H](N)C(=O)N(CCC#N)Cc1cccnc1. The zero-order valence-electron chi connectivity index (χ0n) is 11.2. The Morgan fingerprint density at radius 2 is 2.42 bits per heavy atom. The van der Waals surface area contributed by atoms with Crippen LogP contribution in [-0.4, -0.2) is 28.4 Å². The van der Waals surface area contributed by atoms with E-state index in [-0.39, 0.29) is 5.91 Å². The van der Waals surface area contributed by atoms with Gasteiger partial charge in [0.15, 0.2) is 0 Å². The molecule has 0 bridgehead atoms. The third-order valence-corrected chi connectivity index (χ3v) is 2.82. The van der Waals surface area contributed by atoms with E-state index < -0.39 is 6.04 Å². The van der Waals surface area contributed by atoms with Crippen molar-refractivity contribution in [2.75, 3.05) is 6.54 Å². The van der Waals surface area contributed by atoms with Gasteiger partial charge in [-0.05, 0) is 18.1 Å². The summed E-state index contributed by atoms with van der Waals surface area (Å²) in [5, 5.41) is 8.67. The van der Waals surface area contributed by atoms with Crippen LogP contribution in [0.4, 0.5) is 0 Å². The molecule has 0 aliphatic heterocycles. The van der Waals surface area contributed by atoms with Crippen molar-refractivity contribution in [3.05, 3.63) is 30.1 Å². The molecule has 0 saturated carbocycles. The van der Waals surface area contributed by atoms with Gasteiger partial charge in [0.1, 0.15) is 0 Å². The van der Waals surface area contributed by atoms with Crippen LogP contribution in [0.25, 0.3) is 0 Å². The molecule has 102 valence electrons. The minimum absolute atomic E-state index is 0.0963. The van der Waals surface area contributed by atoms with E-state index in [4.69, 9.17) is 11.0 Å². The van der Waals surface area contributed by atoms with Crippen LogP contribution in [0, 0.1) is 11.3 Å². The topological polar surface area (TPSA) is 83.0 Å². The highest BCUT2D eigenvalue weighted by Crippen LogP contribution is 2.07. The Labute approximate surface area is 114 Å². The predicted molar refractivity (Wildman–Crippen MR) is 72.8 cm³/mol. The van der Waals surface area contributed by atoms with E-state index in [9.17, 15) is 4.79 Å². The summed E-state index contributed by atoms with van der Waals surface area (Å²) in [5.41, 5.74) is 6.81. The molecule has 19 heavy (non-hydrogen) atoms. The van der Waals surface area contributed by atoms with Gasteiger partial charge in [-0.15, -0.1) is 0 Å².